The fourth-order valence-corrected chi connectivity index (χ4v) is 2.60. The zero-order valence-corrected chi connectivity index (χ0v) is 11.1. The highest BCUT2D eigenvalue weighted by Gasteiger charge is 2.38. The van der Waals surface area contributed by atoms with Gasteiger partial charge in [-0.25, -0.2) is 2.90 Å². The molecular formula is C10H5ClF3IN2. The van der Waals surface area contributed by atoms with Crippen LogP contribution in [-0.4, -0.2) is 7.99 Å². The van der Waals surface area contributed by atoms with Gasteiger partial charge in [0.15, 0.2) is 5.69 Å². The summed E-state index contributed by atoms with van der Waals surface area (Å²) in [5, 5.41) is 3.03. The quantitative estimate of drug-likeness (QED) is 0.678. The fourth-order valence-electron chi connectivity index (χ4n) is 1.39. The van der Waals surface area contributed by atoms with Crippen molar-refractivity contribution < 1.29 is 13.2 Å². The monoisotopic (exact) mass is 372 g/mol. The van der Waals surface area contributed by atoms with Gasteiger partial charge in [0.2, 0.25) is 0 Å². The van der Waals surface area contributed by atoms with Crippen molar-refractivity contribution >= 4 is 34.5 Å². The lowest BCUT2D eigenvalue weighted by Crippen LogP contribution is -2.06. The summed E-state index contributed by atoms with van der Waals surface area (Å²) < 4.78 is 38.9. The Morgan fingerprint density at radius 1 is 1.18 bits per heavy atom. The molecule has 1 aromatic carbocycles. The van der Waals surface area contributed by atoms with Crippen molar-refractivity contribution in [3.63, 3.8) is 0 Å². The van der Waals surface area contributed by atoms with Gasteiger partial charge in [0.25, 0.3) is 0 Å². The third kappa shape index (κ3) is 2.42. The Balaban J connectivity index is 2.61. The van der Waals surface area contributed by atoms with Crippen molar-refractivity contribution in [2.75, 3.05) is 0 Å². The van der Waals surface area contributed by atoms with Crippen LogP contribution in [0.2, 0.25) is 5.02 Å². The molecule has 90 valence electrons. The SMILES string of the molecule is FC(F)(F)c1nn(I)c(-c2ccccc2)c1Cl. The van der Waals surface area contributed by atoms with Crippen LogP contribution in [0.4, 0.5) is 13.2 Å². The molecule has 1 heterocycles. The van der Waals surface area contributed by atoms with E-state index >= 15 is 0 Å². The van der Waals surface area contributed by atoms with E-state index in [1.165, 1.54) is 0 Å². The van der Waals surface area contributed by atoms with E-state index in [1.807, 2.05) is 0 Å². The smallest absolute Gasteiger partial charge is 0.202 e. The van der Waals surface area contributed by atoms with Crippen LogP contribution in [0.15, 0.2) is 30.3 Å². The number of rotatable bonds is 1. The minimum absolute atomic E-state index is 0.250. The molecule has 2 rings (SSSR count). The minimum Gasteiger partial charge on any atom is -0.202 e. The summed E-state index contributed by atoms with van der Waals surface area (Å²) in [6, 6.07) is 8.58. The third-order valence-electron chi connectivity index (χ3n) is 2.10. The maximum atomic E-state index is 12.6. The van der Waals surface area contributed by atoms with Gasteiger partial charge < -0.3 is 0 Å². The molecule has 0 unspecified atom stereocenters. The van der Waals surface area contributed by atoms with Gasteiger partial charge in [-0.15, -0.1) is 0 Å². The maximum absolute atomic E-state index is 12.6. The highest BCUT2D eigenvalue weighted by Crippen LogP contribution is 2.40. The highest BCUT2D eigenvalue weighted by molar-refractivity contribution is 14.1. The number of hydrogen-bond acceptors (Lipinski definition) is 1. The number of hydrogen-bond donors (Lipinski definition) is 0. The first-order valence-electron chi connectivity index (χ1n) is 4.48. The van der Waals surface area contributed by atoms with Gasteiger partial charge in [-0.05, 0) is 0 Å². The minimum atomic E-state index is -4.54. The van der Waals surface area contributed by atoms with Crippen molar-refractivity contribution in [1.82, 2.24) is 7.99 Å². The van der Waals surface area contributed by atoms with Crippen LogP contribution < -0.4 is 0 Å². The normalized spacial score (nSPS) is 11.8. The number of aromatic nitrogens is 2. The predicted molar refractivity (Wildman–Crippen MR) is 67.1 cm³/mol. The van der Waals surface area contributed by atoms with E-state index in [1.54, 1.807) is 53.2 Å². The van der Waals surface area contributed by atoms with Gasteiger partial charge >= 0.3 is 6.18 Å². The lowest BCUT2D eigenvalue weighted by molar-refractivity contribution is -0.141. The van der Waals surface area contributed by atoms with Crippen LogP contribution in [0.1, 0.15) is 5.69 Å². The van der Waals surface area contributed by atoms with Crippen molar-refractivity contribution in [2.45, 2.75) is 6.18 Å². The number of benzene rings is 1. The molecule has 0 saturated heterocycles. The van der Waals surface area contributed by atoms with Crippen LogP contribution in [0.5, 0.6) is 0 Å². The average molecular weight is 373 g/mol. The summed E-state index contributed by atoms with van der Waals surface area (Å²) in [4.78, 5) is 0. The van der Waals surface area contributed by atoms with E-state index in [-0.39, 0.29) is 10.7 Å². The molecule has 17 heavy (non-hydrogen) atoms. The van der Waals surface area contributed by atoms with E-state index in [2.05, 4.69) is 5.10 Å². The summed E-state index contributed by atoms with van der Waals surface area (Å²) in [6.45, 7) is 0. The molecule has 2 nitrogen and oxygen atoms in total. The molecule has 2 aromatic rings. The molecule has 0 aliphatic carbocycles. The summed E-state index contributed by atoms with van der Waals surface area (Å²) >= 11 is 7.41. The fraction of sp³-hybridized carbons (Fsp3) is 0.100. The second kappa shape index (κ2) is 4.49. The largest absolute Gasteiger partial charge is 0.436 e. The van der Waals surface area contributed by atoms with Crippen molar-refractivity contribution in [3.05, 3.63) is 41.0 Å². The topological polar surface area (TPSA) is 17.8 Å². The summed E-state index contributed by atoms with van der Waals surface area (Å²) in [7, 11) is 0. The first-order valence-corrected chi connectivity index (χ1v) is 5.83. The Morgan fingerprint density at radius 3 is 2.24 bits per heavy atom. The van der Waals surface area contributed by atoms with Crippen LogP contribution in [0, 0.1) is 0 Å². The van der Waals surface area contributed by atoms with Crippen molar-refractivity contribution in [3.8, 4) is 11.3 Å². The lowest BCUT2D eigenvalue weighted by atomic mass is 10.1. The molecule has 0 amide bonds. The predicted octanol–water partition coefficient (Wildman–Crippen LogP) is 4.42. The number of alkyl halides is 3. The van der Waals surface area contributed by atoms with Crippen molar-refractivity contribution in [1.29, 1.82) is 0 Å². The summed E-state index contributed by atoms with van der Waals surface area (Å²) in [6.07, 6.45) is -4.54. The van der Waals surface area contributed by atoms with Gasteiger partial charge in [0.05, 0.1) is 28.6 Å². The Hall–Kier alpha value is -0.760. The van der Waals surface area contributed by atoms with Crippen LogP contribution >= 0.6 is 34.5 Å². The molecule has 0 aliphatic heterocycles. The zero-order valence-electron chi connectivity index (χ0n) is 8.17. The lowest BCUT2D eigenvalue weighted by Gasteiger charge is -2.02. The molecule has 0 fully saturated rings. The standard InChI is InChI=1S/C10H5ClF3IN2/c11-7-8(6-4-2-1-3-5-6)17(15)16-9(7)10(12,13)14/h1-5H. The summed E-state index contributed by atoms with van der Waals surface area (Å²) in [5.41, 5.74) is -0.220. The van der Waals surface area contributed by atoms with Gasteiger partial charge in [-0.2, -0.15) is 18.3 Å². The van der Waals surface area contributed by atoms with Crippen LogP contribution in [-0.2, 0) is 6.18 Å². The van der Waals surface area contributed by atoms with E-state index in [9.17, 15) is 13.2 Å². The van der Waals surface area contributed by atoms with E-state index in [0.717, 1.165) is 2.90 Å². The molecular weight excluding hydrogens is 367 g/mol. The first-order chi connectivity index (χ1) is 7.91. The van der Waals surface area contributed by atoms with Gasteiger partial charge in [-0.1, -0.05) is 41.9 Å². The van der Waals surface area contributed by atoms with E-state index < -0.39 is 11.9 Å². The highest BCUT2D eigenvalue weighted by atomic mass is 127. The van der Waals surface area contributed by atoms with Crippen molar-refractivity contribution in [2.24, 2.45) is 0 Å². The Kier molecular flexibility index (Phi) is 3.35. The number of halogens is 5. The molecule has 0 aliphatic rings. The van der Waals surface area contributed by atoms with E-state index in [4.69, 9.17) is 11.6 Å². The van der Waals surface area contributed by atoms with E-state index in [0.29, 0.717) is 5.56 Å². The Labute approximate surface area is 114 Å². The van der Waals surface area contributed by atoms with Gasteiger partial charge in [0, 0.05) is 5.56 Å². The zero-order chi connectivity index (χ0) is 12.6. The molecule has 0 saturated carbocycles. The van der Waals surface area contributed by atoms with Gasteiger partial charge in [0.1, 0.15) is 5.02 Å². The average Bonchev–Trinajstić information content (AvgIpc) is 2.55. The van der Waals surface area contributed by atoms with Crippen LogP contribution in [0.3, 0.4) is 0 Å². The molecule has 0 spiro atoms. The third-order valence-corrected chi connectivity index (χ3v) is 3.16. The molecule has 7 heteroatoms. The number of nitrogens with zero attached hydrogens (tertiary/aromatic N) is 2. The molecule has 1 aromatic heterocycles. The molecule has 0 bridgehead atoms. The maximum Gasteiger partial charge on any atom is 0.436 e. The molecule has 0 N–H and O–H groups in total. The Bertz CT molecular complexity index is 536. The second-order valence-corrected chi connectivity index (χ2v) is 4.53. The van der Waals surface area contributed by atoms with Crippen LogP contribution in [0.25, 0.3) is 11.3 Å². The van der Waals surface area contributed by atoms with Gasteiger partial charge in [-0.3, -0.25) is 0 Å². The molecule has 0 radical (unpaired) electrons. The molecule has 0 atom stereocenters. The summed E-state index contributed by atoms with van der Waals surface area (Å²) in [5.74, 6) is 0. The second-order valence-electron chi connectivity index (χ2n) is 3.24. The first kappa shape index (κ1) is 12.7. The Morgan fingerprint density at radius 2 is 1.76 bits per heavy atom.